The Morgan fingerprint density at radius 3 is 2.68 bits per heavy atom. The predicted molar refractivity (Wildman–Crippen MR) is 108 cm³/mol. The van der Waals surface area contributed by atoms with Crippen molar-refractivity contribution in [3.05, 3.63) is 61.4 Å². The van der Waals surface area contributed by atoms with Crippen LogP contribution in [0.1, 0.15) is 31.9 Å². The monoisotopic (exact) mass is 406 g/mol. The van der Waals surface area contributed by atoms with Gasteiger partial charge in [0.15, 0.2) is 11.1 Å². The number of fused-ring (bicyclic) bond motifs is 1. The highest BCUT2D eigenvalue weighted by molar-refractivity contribution is 6.31. The van der Waals surface area contributed by atoms with Crippen LogP contribution in [0.2, 0.25) is 5.02 Å². The Morgan fingerprint density at radius 2 is 1.96 bits per heavy atom. The van der Waals surface area contributed by atoms with E-state index in [9.17, 15) is 9.59 Å². The topological polar surface area (TPSA) is 86.5 Å². The van der Waals surface area contributed by atoms with Crippen LogP contribution in [-0.2, 0) is 11.3 Å². The van der Waals surface area contributed by atoms with E-state index < -0.39 is 5.76 Å². The second kappa shape index (κ2) is 7.85. The number of hydrogen-bond acceptors (Lipinski definition) is 5. The number of pyridine rings is 1. The number of rotatable bonds is 6. The van der Waals surface area contributed by atoms with Gasteiger partial charge in [-0.05, 0) is 39.8 Å². The van der Waals surface area contributed by atoms with Gasteiger partial charge in [-0.15, -0.1) is 0 Å². The first kappa shape index (κ1) is 20.2. The number of aryl methyl sites for hydroxylation is 1. The van der Waals surface area contributed by atoms with Crippen molar-refractivity contribution >= 4 is 22.7 Å². The maximum absolute atomic E-state index is 12.7. The molecular formula is C20H23ClN2O5. The first-order valence-electron chi connectivity index (χ1n) is 8.93. The summed E-state index contributed by atoms with van der Waals surface area (Å²) in [6.07, 6.45) is 1.64. The van der Waals surface area contributed by atoms with Crippen LogP contribution >= 0.6 is 11.6 Å². The van der Waals surface area contributed by atoms with Crippen LogP contribution in [0.15, 0.2) is 38.4 Å². The van der Waals surface area contributed by atoms with Crippen LogP contribution in [0, 0.1) is 6.92 Å². The van der Waals surface area contributed by atoms with Gasteiger partial charge < -0.3 is 18.5 Å². The van der Waals surface area contributed by atoms with Gasteiger partial charge in [0.25, 0.3) is 5.56 Å². The number of benzene rings is 1. The molecule has 2 aromatic heterocycles. The van der Waals surface area contributed by atoms with E-state index in [-0.39, 0.29) is 28.8 Å². The molecule has 1 N–H and O–H groups in total. The van der Waals surface area contributed by atoms with Crippen LogP contribution in [0.3, 0.4) is 0 Å². The van der Waals surface area contributed by atoms with Gasteiger partial charge in [0.2, 0.25) is 0 Å². The number of H-pyrrole nitrogens is 1. The maximum atomic E-state index is 12.7. The second-order valence-corrected chi connectivity index (χ2v) is 7.90. The SMILES string of the molecule is Cc1cn(Cc2c(Cl)cccc2OCCOC(C)(C)C)c(=O)c2[nH]c(=O)oc12. The lowest BCUT2D eigenvalue weighted by molar-refractivity contribution is -0.0164. The van der Waals surface area contributed by atoms with Gasteiger partial charge in [-0.3, -0.25) is 9.78 Å². The molecule has 150 valence electrons. The smallest absolute Gasteiger partial charge is 0.417 e. The minimum atomic E-state index is -0.659. The molecule has 8 heteroatoms. The lowest BCUT2D eigenvalue weighted by Crippen LogP contribution is -2.23. The zero-order valence-corrected chi connectivity index (χ0v) is 17.1. The van der Waals surface area contributed by atoms with Crippen molar-refractivity contribution in [3.63, 3.8) is 0 Å². The second-order valence-electron chi connectivity index (χ2n) is 7.49. The molecule has 0 unspecified atom stereocenters. The lowest BCUT2D eigenvalue weighted by Gasteiger charge is -2.20. The molecule has 28 heavy (non-hydrogen) atoms. The van der Waals surface area contributed by atoms with E-state index in [1.165, 1.54) is 4.57 Å². The molecule has 0 radical (unpaired) electrons. The van der Waals surface area contributed by atoms with Gasteiger partial charge in [0.05, 0.1) is 18.8 Å². The minimum absolute atomic E-state index is 0.137. The van der Waals surface area contributed by atoms with Crippen LogP contribution < -0.4 is 16.1 Å². The van der Waals surface area contributed by atoms with Crippen molar-refractivity contribution in [1.82, 2.24) is 9.55 Å². The number of aromatic amines is 1. The van der Waals surface area contributed by atoms with E-state index in [0.717, 1.165) is 0 Å². The predicted octanol–water partition coefficient (Wildman–Crippen LogP) is 3.49. The number of nitrogens with one attached hydrogen (secondary N) is 1. The summed E-state index contributed by atoms with van der Waals surface area (Å²) in [6.45, 7) is 8.67. The molecule has 0 aliphatic heterocycles. The number of aromatic nitrogens is 2. The first-order chi connectivity index (χ1) is 13.2. The highest BCUT2D eigenvalue weighted by Crippen LogP contribution is 2.27. The molecule has 7 nitrogen and oxygen atoms in total. The van der Waals surface area contributed by atoms with Crippen LogP contribution in [0.5, 0.6) is 5.75 Å². The molecule has 0 aliphatic carbocycles. The average Bonchev–Trinajstić information content (AvgIpc) is 3.00. The molecule has 2 heterocycles. The van der Waals surface area contributed by atoms with Crippen LogP contribution in [-0.4, -0.2) is 28.4 Å². The van der Waals surface area contributed by atoms with Gasteiger partial charge >= 0.3 is 5.76 Å². The van der Waals surface area contributed by atoms with Crippen LogP contribution in [0.4, 0.5) is 0 Å². The fraction of sp³-hybridized carbons (Fsp3) is 0.400. The van der Waals surface area contributed by atoms with E-state index in [0.29, 0.717) is 35.1 Å². The number of ether oxygens (including phenoxy) is 2. The molecule has 0 aliphatic rings. The Bertz CT molecular complexity index is 1100. The summed E-state index contributed by atoms with van der Waals surface area (Å²) in [7, 11) is 0. The Balaban J connectivity index is 1.88. The van der Waals surface area contributed by atoms with E-state index in [1.54, 1.807) is 31.3 Å². The van der Waals surface area contributed by atoms with Crippen LogP contribution in [0.25, 0.3) is 11.1 Å². The summed E-state index contributed by atoms with van der Waals surface area (Å²) in [5.74, 6) is -0.0797. The summed E-state index contributed by atoms with van der Waals surface area (Å²) in [4.78, 5) is 26.6. The molecule has 0 saturated carbocycles. The van der Waals surface area contributed by atoms with Crippen molar-refractivity contribution < 1.29 is 13.9 Å². The van der Waals surface area contributed by atoms with Gasteiger partial charge in [-0.2, -0.15) is 0 Å². The summed E-state index contributed by atoms with van der Waals surface area (Å²) in [5, 5.41) is 0.486. The van der Waals surface area contributed by atoms with E-state index in [2.05, 4.69) is 4.98 Å². The van der Waals surface area contributed by atoms with Crippen molar-refractivity contribution in [2.24, 2.45) is 0 Å². The molecule has 0 amide bonds. The van der Waals surface area contributed by atoms with Gasteiger partial charge in [0.1, 0.15) is 12.4 Å². The molecule has 0 fully saturated rings. The average molecular weight is 407 g/mol. The zero-order chi connectivity index (χ0) is 20.5. The third-order valence-corrected chi connectivity index (χ3v) is 4.47. The summed E-state index contributed by atoms with van der Waals surface area (Å²) < 4.78 is 18.0. The van der Waals surface area contributed by atoms with Crippen molar-refractivity contribution in [1.29, 1.82) is 0 Å². The minimum Gasteiger partial charge on any atom is -0.491 e. The van der Waals surface area contributed by atoms with Gasteiger partial charge in [-0.25, -0.2) is 4.79 Å². The lowest BCUT2D eigenvalue weighted by atomic mass is 10.2. The third-order valence-electron chi connectivity index (χ3n) is 4.11. The fourth-order valence-electron chi connectivity index (χ4n) is 2.87. The number of hydrogen-bond donors (Lipinski definition) is 1. The number of oxazole rings is 1. The van der Waals surface area contributed by atoms with Crippen molar-refractivity contribution in [2.75, 3.05) is 13.2 Å². The van der Waals surface area contributed by atoms with E-state index in [1.807, 2.05) is 20.8 Å². The number of nitrogens with zero attached hydrogens (tertiary/aromatic N) is 1. The standard InChI is InChI=1S/C20H23ClN2O5/c1-12-10-23(18(24)16-17(12)28-19(25)22-16)11-13-14(21)6-5-7-15(13)26-8-9-27-20(2,3)4/h5-7,10H,8-9,11H2,1-4H3,(H,22,25). The largest absolute Gasteiger partial charge is 0.491 e. The normalized spacial score (nSPS) is 11.9. The third kappa shape index (κ3) is 4.48. The van der Waals surface area contributed by atoms with Crippen molar-refractivity contribution in [3.8, 4) is 5.75 Å². The summed E-state index contributed by atoms with van der Waals surface area (Å²) in [5.41, 5.74) is 1.13. The highest BCUT2D eigenvalue weighted by atomic mass is 35.5. The summed E-state index contributed by atoms with van der Waals surface area (Å²) in [6, 6.07) is 5.33. The molecule has 3 rings (SSSR count). The Kier molecular flexibility index (Phi) is 5.67. The van der Waals surface area contributed by atoms with Gasteiger partial charge in [0, 0.05) is 22.3 Å². The highest BCUT2D eigenvalue weighted by Gasteiger charge is 2.16. The maximum Gasteiger partial charge on any atom is 0.417 e. The molecule has 0 atom stereocenters. The number of halogens is 1. The van der Waals surface area contributed by atoms with Gasteiger partial charge in [-0.1, -0.05) is 17.7 Å². The molecule has 0 bridgehead atoms. The quantitative estimate of drug-likeness (QED) is 0.633. The molecular weight excluding hydrogens is 384 g/mol. The molecule has 0 spiro atoms. The van der Waals surface area contributed by atoms with E-state index in [4.69, 9.17) is 25.5 Å². The fourth-order valence-corrected chi connectivity index (χ4v) is 3.09. The van der Waals surface area contributed by atoms with Crippen molar-refractivity contribution in [2.45, 2.75) is 39.8 Å². The summed E-state index contributed by atoms with van der Waals surface area (Å²) >= 11 is 6.38. The molecule has 1 aromatic carbocycles. The first-order valence-corrected chi connectivity index (χ1v) is 9.30. The molecule has 3 aromatic rings. The zero-order valence-electron chi connectivity index (χ0n) is 16.3. The van der Waals surface area contributed by atoms with E-state index >= 15 is 0 Å². The molecule has 0 saturated heterocycles. The Morgan fingerprint density at radius 1 is 1.21 bits per heavy atom. The Hall–Kier alpha value is -2.51. The Labute approximate surface area is 166 Å².